The Morgan fingerprint density at radius 3 is 2.34 bits per heavy atom. The number of carbonyl (C=O) groups excluding carboxylic acids is 2. The van der Waals surface area contributed by atoms with Crippen LogP contribution in [-0.4, -0.2) is 41.6 Å². The van der Waals surface area contributed by atoms with Crippen molar-refractivity contribution < 1.29 is 9.59 Å². The van der Waals surface area contributed by atoms with Crippen LogP contribution in [-0.2, 0) is 4.79 Å². The van der Waals surface area contributed by atoms with Gasteiger partial charge in [-0.25, -0.2) is 0 Å². The van der Waals surface area contributed by atoms with Crippen LogP contribution < -0.4 is 15.5 Å². The summed E-state index contributed by atoms with van der Waals surface area (Å²) in [6.07, 6.45) is 4.93. The first-order valence-electron chi connectivity index (χ1n) is 11.0. The molecule has 2 N–H and O–H groups in total. The van der Waals surface area contributed by atoms with E-state index >= 15 is 0 Å². The summed E-state index contributed by atoms with van der Waals surface area (Å²) in [5, 5.41) is 14.3. The average Bonchev–Trinajstić information content (AvgIpc) is 3.13. The van der Waals surface area contributed by atoms with E-state index in [1.165, 1.54) is 25.7 Å². The highest BCUT2D eigenvalue weighted by molar-refractivity contribution is 5.99. The second-order valence-corrected chi connectivity index (χ2v) is 7.86. The molecule has 0 radical (unpaired) electrons. The predicted octanol–water partition coefficient (Wildman–Crippen LogP) is 3.89. The molecular weight excluding hydrogens is 402 g/mol. The second-order valence-electron chi connectivity index (χ2n) is 7.86. The zero-order valence-electron chi connectivity index (χ0n) is 18.0. The normalized spacial score (nSPS) is 13.8. The molecule has 0 bridgehead atoms. The number of nitrogens with one attached hydrogen (secondary N) is 2. The van der Waals surface area contributed by atoms with Gasteiger partial charge in [-0.15, -0.1) is 10.2 Å². The lowest BCUT2D eigenvalue weighted by Crippen LogP contribution is -2.32. The first kappa shape index (κ1) is 21.5. The van der Waals surface area contributed by atoms with Crippen LogP contribution in [0.25, 0.3) is 11.3 Å². The molecular formula is C25H27N5O2. The van der Waals surface area contributed by atoms with Gasteiger partial charge in [-0.1, -0.05) is 43.2 Å². The topological polar surface area (TPSA) is 87.2 Å². The number of anilines is 2. The van der Waals surface area contributed by atoms with Gasteiger partial charge in [-0.3, -0.25) is 9.59 Å². The van der Waals surface area contributed by atoms with Crippen molar-refractivity contribution in [1.82, 2.24) is 15.5 Å². The molecule has 1 aromatic heterocycles. The molecule has 2 heterocycles. The van der Waals surface area contributed by atoms with E-state index in [4.69, 9.17) is 0 Å². The first-order chi connectivity index (χ1) is 15.7. The lowest BCUT2D eigenvalue weighted by molar-refractivity contribution is -0.115. The highest BCUT2D eigenvalue weighted by Gasteiger charge is 2.12. The monoisotopic (exact) mass is 429 g/mol. The van der Waals surface area contributed by atoms with Crippen LogP contribution in [0.4, 0.5) is 11.5 Å². The fourth-order valence-corrected chi connectivity index (χ4v) is 3.76. The van der Waals surface area contributed by atoms with Gasteiger partial charge in [0.25, 0.3) is 5.91 Å². The van der Waals surface area contributed by atoms with Gasteiger partial charge in [0.15, 0.2) is 5.82 Å². The molecule has 2 aromatic carbocycles. The molecule has 4 rings (SSSR count). The van der Waals surface area contributed by atoms with E-state index in [9.17, 15) is 9.59 Å². The molecule has 3 aromatic rings. The zero-order valence-corrected chi connectivity index (χ0v) is 18.0. The lowest BCUT2D eigenvalue weighted by atomic mass is 10.1. The Kier molecular flexibility index (Phi) is 7.07. The van der Waals surface area contributed by atoms with E-state index in [0.29, 0.717) is 11.3 Å². The number of hydrogen-bond acceptors (Lipinski definition) is 5. The molecule has 1 saturated heterocycles. The van der Waals surface area contributed by atoms with Gasteiger partial charge in [-0.05, 0) is 49.2 Å². The maximum Gasteiger partial charge on any atom is 0.251 e. The van der Waals surface area contributed by atoms with E-state index in [1.807, 2.05) is 36.4 Å². The maximum atomic E-state index is 12.3. The third-order valence-electron chi connectivity index (χ3n) is 5.47. The van der Waals surface area contributed by atoms with Crippen molar-refractivity contribution in [3.8, 4) is 11.3 Å². The van der Waals surface area contributed by atoms with Gasteiger partial charge in [0.05, 0.1) is 12.2 Å². The quantitative estimate of drug-likeness (QED) is 0.621. The van der Waals surface area contributed by atoms with Crippen molar-refractivity contribution in [2.75, 3.05) is 29.9 Å². The number of amides is 2. The Labute approximate surface area is 187 Å². The van der Waals surface area contributed by atoms with E-state index in [1.54, 1.807) is 30.3 Å². The lowest BCUT2D eigenvalue weighted by Gasteiger charge is -2.20. The number of hydrogen-bond donors (Lipinski definition) is 2. The van der Waals surface area contributed by atoms with Gasteiger partial charge in [-0.2, -0.15) is 0 Å². The van der Waals surface area contributed by atoms with Gasteiger partial charge in [0.2, 0.25) is 5.91 Å². The first-order valence-corrected chi connectivity index (χ1v) is 11.0. The summed E-state index contributed by atoms with van der Waals surface area (Å²) in [6.45, 7) is 1.94. The summed E-state index contributed by atoms with van der Waals surface area (Å²) in [5.74, 6) is 0.331. The number of benzene rings is 2. The summed E-state index contributed by atoms with van der Waals surface area (Å²) in [4.78, 5) is 26.7. The highest BCUT2D eigenvalue weighted by Crippen LogP contribution is 2.23. The van der Waals surface area contributed by atoms with Gasteiger partial charge < -0.3 is 15.5 Å². The Balaban J connectivity index is 1.35. The Morgan fingerprint density at radius 2 is 1.62 bits per heavy atom. The van der Waals surface area contributed by atoms with Crippen LogP contribution in [0.3, 0.4) is 0 Å². The van der Waals surface area contributed by atoms with Crippen LogP contribution in [0.2, 0.25) is 0 Å². The average molecular weight is 430 g/mol. The van der Waals surface area contributed by atoms with Crippen molar-refractivity contribution >= 4 is 23.3 Å². The highest BCUT2D eigenvalue weighted by atomic mass is 16.2. The largest absolute Gasteiger partial charge is 0.355 e. The predicted molar refractivity (Wildman–Crippen MR) is 126 cm³/mol. The Morgan fingerprint density at radius 1 is 0.844 bits per heavy atom. The number of rotatable bonds is 6. The maximum absolute atomic E-state index is 12.3. The van der Waals surface area contributed by atoms with Crippen LogP contribution in [0, 0.1) is 0 Å². The van der Waals surface area contributed by atoms with Gasteiger partial charge >= 0.3 is 0 Å². The SMILES string of the molecule is O=C(CNC(=O)c1ccccc1)Nc1cccc(-c2ccc(N3CCCCCC3)nn2)c1. The number of nitrogens with zero attached hydrogens (tertiary/aromatic N) is 3. The van der Waals surface area contributed by atoms with E-state index in [2.05, 4.69) is 25.7 Å². The van der Waals surface area contributed by atoms with Crippen molar-refractivity contribution in [1.29, 1.82) is 0 Å². The smallest absolute Gasteiger partial charge is 0.251 e. The van der Waals surface area contributed by atoms with Crippen LogP contribution in [0.15, 0.2) is 66.7 Å². The zero-order chi connectivity index (χ0) is 22.2. The standard InChI is InChI=1S/C25H27N5O2/c31-24(18-26-25(32)19-9-4-3-5-10-19)27-21-12-8-11-20(17-21)22-13-14-23(29-28-22)30-15-6-1-2-7-16-30/h3-5,8-14,17H,1-2,6-7,15-16,18H2,(H,26,32)(H,27,31). The molecule has 1 fully saturated rings. The molecule has 32 heavy (non-hydrogen) atoms. The fourth-order valence-electron chi connectivity index (χ4n) is 3.76. The minimum atomic E-state index is -0.297. The molecule has 1 aliphatic rings. The third-order valence-corrected chi connectivity index (χ3v) is 5.47. The Bertz CT molecular complexity index is 1050. The molecule has 7 heteroatoms. The minimum Gasteiger partial charge on any atom is -0.355 e. The van der Waals surface area contributed by atoms with Crippen molar-refractivity contribution in [3.63, 3.8) is 0 Å². The number of aromatic nitrogens is 2. The molecule has 1 aliphatic heterocycles. The van der Waals surface area contributed by atoms with E-state index < -0.39 is 0 Å². The van der Waals surface area contributed by atoms with Crippen LogP contribution >= 0.6 is 0 Å². The van der Waals surface area contributed by atoms with E-state index in [0.717, 1.165) is 30.2 Å². The summed E-state index contributed by atoms with van der Waals surface area (Å²) in [5.41, 5.74) is 2.77. The molecule has 0 atom stereocenters. The van der Waals surface area contributed by atoms with Gasteiger partial charge in [0.1, 0.15) is 0 Å². The summed E-state index contributed by atoms with van der Waals surface area (Å²) < 4.78 is 0. The van der Waals surface area contributed by atoms with Crippen molar-refractivity contribution in [2.45, 2.75) is 25.7 Å². The molecule has 2 amide bonds. The number of carbonyl (C=O) groups is 2. The van der Waals surface area contributed by atoms with Crippen molar-refractivity contribution in [3.05, 3.63) is 72.3 Å². The fraction of sp³-hybridized carbons (Fsp3) is 0.280. The second kappa shape index (κ2) is 10.5. The molecule has 164 valence electrons. The molecule has 7 nitrogen and oxygen atoms in total. The minimum absolute atomic E-state index is 0.109. The van der Waals surface area contributed by atoms with Crippen LogP contribution in [0.1, 0.15) is 36.0 Å². The molecule has 0 unspecified atom stereocenters. The van der Waals surface area contributed by atoms with Crippen LogP contribution in [0.5, 0.6) is 0 Å². The summed E-state index contributed by atoms with van der Waals surface area (Å²) >= 11 is 0. The van der Waals surface area contributed by atoms with Gasteiger partial charge in [0, 0.05) is 29.9 Å². The summed E-state index contributed by atoms with van der Waals surface area (Å²) in [7, 11) is 0. The van der Waals surface area contributed by atoms with Crippen molar-refractivity contribution in [2.24, 2.45) is 0 Å². The third kappa shape index (κ3) is 5.69. The summed E-state index contributed by atoms with van der Waals surface area (Å²) in [6, 6.07) is 20.2. The molecule has 0 aliphatic carbocycles. The Hall–Kier alpha value is -3.74. The molecule has 0 spiro atoms. The molecule has 0 saturated carbocycles. The van der Waals surface area contributed by atoms with E-state index in [-0.39, 0.29) is 18.4 Å².